The lowest BCUT2D eigenvalue weighted by Crippen LogP contribution is -2.39. The number of nitrogens with one attached hydrogen (secondary N) is 2. The molecule has 1 fully saturated rings. The van der Waals surface area contributed by atoms with Gasteiger partial charge in [0.15, 0.2) is 5.96 Å². The molecule has 0 amide bonds. The minimum Gasteiger partial charge on any atom is -0.377 e. The van der Waals surface area contributed by atoms with E-state index in [1.807, 2.05) is 24.3 Å². The average molecular weight is 530 g/mol. The number of halogens is 1. The number of aliphatic imine (C=N–C) groups is 1. The molecule has 1 aromatic rings. The van der Waals surface area contributed by atoms with Crippen molar-refractivity contribution in [2.75, 3.05) is 39.0 Å². The van der Waals surface area contributed by atoms with Gasteiger partial charge >= 0.3 is 0 Å². The van der Waals surface area contributed by atoms with Crippen molar-refractivity contribution in [1.29, 1.82) is 0 Å². The van der Waals surface area contributed by atoms with Gasteiger partial charge in [0, 0.05) is 33.3 Å². The number of thiophene rings is 1. The van der Waals surface area contributed by atoms with E-state index >= 15 is 0 Å². The molecule has 0 radical (unpaired) electrons. The summed E-state index contributed by atoms with van der Waals surface area (Å²) in [5.41, 5.74) is 1.21. The van der Waals surface area contributed by atoms with Crippen LogP contribution >= 0.6 is 35.3 Å². The number of ether oxygens (including phenoxy) is 1. The molecule has 156 valence electrons. The maximum Gasteiger partial charge on any atom is 0.213 e. The summed E-state index contributed by atoms with van der Waals surface area (Å²) < 4.78 is 32.5. The predicted molar refractivity (Wildman–Crippen MR) is 123 cm³/mol. The van der Waals surface area contributed by atoms with Crippen LogP contribution in [0.4, 0.5) is 0 Å². The van der Waals surface area contributed by atoms with Crippen LogP contribution in [-0.2, 0) is 21.3 Å². The Morgan fingerprint density at radius 3 is 2.89 bits per heavy atom. The molecular formula is C17H31IN4O3S2. The second-order valence-electron chi connectivity index (χ2n) is 6.38. The number of guanidine groups is 1. The van der Waals surface area contributed by atoms with Gasteiger partial charge in [0.1, 0.15) is 0 Å². The zero-order valence-corrected chi connectivity index (χ0v) is 20.0. The van der Waals surface area contributed by atoms with Crippen molar-refractivity contribution in [3.05, 3.63) is 22.4 Å². The topological polar surface area (TPSA) is 83.0 Å². The van der Waals surface area contributed by atoms with E-state index in [9.17, 15) is 8.42 Å². The van der Waals surface area contributed by atoms with Crippen LogP contribution in [-0.4, -0.2) is 64.4 Å². The first-order chi connectivity index (χ1) is 12.5. The van der Waals surface area contributed by atoms with Gasteiger partial charge < -0.3 is 15.0 Å². The number of hydrogen-bond donors (Lipinski definition) is 2. The number of hydrogen-bond acceptors (Lipinski definition) is 5. The SMILES string of the molecule is CCNC(=NCCS(=O)(=O)NCC1CCCCO1)N(C)Cc1ccsc1.I. The Hall–Kier alpha value is -0.430. The summed E-state index contributed by atoms with van der Waals surface area (Å²) in [6, 6.07) is 2.08. The van der Waals surface area contributed by atoms with Crippen LogP contribution in [0.1, 0.15) is 31.7 Å². The van der Waals surface area contributed by atoms with Gasteiger partial charge in [-0.2, -0.15) is 11.3 Å². The molecule has 1 unspecified atom stereocenters. The lowest BCUT2D eigenvalue weighted by Gasteiger charge is -2.23. The van der Waals surface area contributed by atoms with E-state index in [2.05, 4.69) is 26.5 Å². The van der Waals surface area contributed by atoms with Gasteiger partial charge in [0.25, 0.3) is 0 Å². The minimum atomic E-state index is -3.35. The fourth-order valence-corrected chi connectivity index (χ4v) is 4.31. The normalized spacial score (nSPS) is 18.0. The van der Waals surface area contributed by atoms with Crippen LogP contribution in [0.3, 0.4) is 0 Å². The van der Waals surface area contributed by atoms with Crippen molar-refractivity contribution >= 4 is 51.3 Å². The molecule has 2 heterocycles. The van der Waals surface area contributed by atoms with Gasteiger partial charge in [0.2, 0.25) is 10.0 Å². The smallest absolute Gasteiger partial charge is 0.213 e. The first kappa shape index (κ1) is 24.6. The first-order valence-corrected chi connectivity index (χ1v) is 11.7. The molecule has 10 heteroatoms. The Balaban J connectivity index is 0.00000364. The third kappa shape index (κ3) is 9.55. The van der Waals surface area contributed by atoms with Gasteiger partial charge in [-0.3, -0.25) is 4.99 Å². The number of rotatable bonds is 9. The molecule has 0 aliphatic carbocycles. The quantitative estimate of drug-likeness (QED) is 0.291. The van der Waals surface area contributed by atoms with Crippen LogP contribution in [0.25, 0.3) is 0 Å². The highest BCUT2D eigenvalue weighted by Gasteiger charge is 2.17. The Morgan fingerprint density at radius 2 is 2.26 bits per heavy atom. The predicted octanol–water partition coefficient (Wildman–Crippen LogP) is 2.25. The molecule has 27 heavy (non-hydrogen) atoms. The Morgan fingerprint density at radius 1 is 1.44 bits per heavy atom. The Bertz CT molecular complexity index is 647. The zero-order valence-electron chi connectivity index (χ0n) is 16.0. The van der Waals surface area contributed by atoms with E-state index in [4.69, 9.17) is 4.74 Å². The van der Waals surface area contributed by atoms with Crippen LogP contribution in [0.5, 0.6) is 0 Å². The lowest BCUT2D eigenvalue weighted by atomic mass is 10.1. The van der Waals surface area contributed by atoms with E-state index in [0.717, 1.165) is 39.0 Å². The summed E-state index contributed by atoms with van der Waals surface area (Å²) in [7, 11) is -1.40. The van der Waals surface area contributed by atoms with E-state index in [0.29, 0.717) is 12.5 Å². The highest BCUT2D eigenvalue weighted by Crippen LogP contribution is 2.12. The maximum absolute atomic E-state index is 12.2. The summed E-state index contributed by atoms with van der Waals surface area (Å²) in [6.45, 7) is 4.76. The second-order valence-corrected chi connectivity index (χ2v) is 9.09. The fraction of sp³-hybridized carbons (Fsp3) is 0.706. The molecular weight excluding hydrogens is 499 g/mol. The molecule has 1 aromatic heterocycles. The molecule has 0 spiro atoms. The van der Waals surface area contributed by atoms with Gasteiger partial charge in [-0.15, -0.1) is 24.0 Å². The van der Waals surface area contributed by atoms with Crippen molar-refractivity contribution in [2.45, 2.75) is 38.8 Å². The van der Waals surface area contributed by atoms with E-state index in [1.165, 1.54) is 5.56 Å². The van der Waals surface area contributed by atoms with Crippen LogP contribution in [0, 0.1) is 0 Å². The molecule has 1 atom stereocenters. The van der Waals surface area contributed by atoms with E-state index < -0.39 is 10.0 Å². The average Bonchev–Trinajstić information content (AvgIpc) is 3.13. The first-order valence-electron chi connectivity index (χ1n) is 9.09. The van der Waals surface area contributed by atoms with Gasteiger partial charge in [-0.05, 0) is 48.6 Å². The second kappa shape index (κ2) is 12.9. The largest absolute Gasteiger partial charge is 0.377 e. The third-order valence-electron chi connectivity index (χ3n) is 4.12. The summed E-state index contributed by atoms with van der Waals surface area (Å²) >= 11 is 1.66. The summed E-state index contributed by atoms with van der Waals surface area (Å²) in [5, 5.41) is 7.35. The van der Waals surface area contributed by atoms with Crippen LogP contribution in [0.15, 0.2) is 21.8 Å². The van der Waals surface area contributed by atoms with E-state index in [-0.39, 0.29) is 42.4 Å². The van der Waals surface area contributed by atoms with Crippen molar-refractivity contribution < 1.29 is 13.2 Å². The number of sulfonamides is 1. The summed E-state index contributed by atoms with van der Waals surface area (Å²) in [4.78, 5) is 6.46. The van der Waals surface area contributed by atoms with Gasteiger partial charge in [0.05, 0.1) is 18.4 Å². The third-order valence-corrected chi connectivity index (χ3v) is 6.18. The molecule has 2 rings (SSSR count). The van der Waals surface area contributed by atoms with Gasteiger partial charge in [-0.1, -0.05) is 0 Å². The van der Waals surface area contributed by atoms with Gasteiger partial charge in [-0.25, -0.2) is 13.1 Å². The molecule has 1 aliphatic heterocycles. The summed E-state index contributed by atoms with van der Waals surface area (Å²) in [5.74, 6) is 0.686. The molecule has 0 bridgehead atoms. The lowest BCUT2D eigenvalue weighted by molar-refractivity contribution is 0.0200. The number of nitrogens with zero attached hydrogens (tertiary/aromatic N) is 2. The standard InChI is InChI=1S/C17H30N4O3S2.HI/c1-3-18-17(21(2)13-15-7-10-25-14-15)19-8-11-26(22,23)20-12-16-6-4-5-9-24-16;/h7,10,14,16,20H,3-6,8-9,11-13H2,1-2H3,(H,18,19);1H. The van der Waals surface area contributed by atoms with Crippen molar-refractivity contribution in [3.8, 4) is 0 Å². The van der Waals surface area contributed by atoms with Crippen LogP contribution < -0.4 is 10.0 Å². The molecule has 0 aromatic carbocycles. The molecule has 0 saturated carbocycles. The van der Waals surface area contributed by atoms with Crippen molar-refractivity contribution in [2.24, 2.45) is 4.99 Å². The monoisotopic (exact) mass is 530 g/mol. The maximum atomic E-state index is 12.2. The minimum absolute atomic E-state index is 0. The summed E-state index contributed by atoms with van der Waals surface area (Å²) in [6.07, 6.45) is 3.07. The fourth-order valence-electron chi connectivity index (χ4n) is 2.73. The highest BCUT2D eigenvalue weighted by atomic mass is 127. The molecule has 1 aliphatic rings. The molecule has 2 N–H and O–H groups in total. The molecule has 1 saturated heterocycles. The Kier molecular flexibility index (Phi) is 11.8. The Labute approximate surface area is 184 Å². The zero-order chi connectivity index (χ0) is 18.8. The van der Waals surface area contributed by atoms with Crippen molar-refractivity contribution in [3.63, 3.8) is 0 Å². The molecule has 7 nitrogen and oxygen atoms in total. The van der Waals surface area contributed by atoms with Crippen molar-refractivity contribution in [1.82, 2.24) is 14.9 Å². The van der Waals surface area contributed by atoms with E-state index in [1.54, 1.807) is 11.3 Å². The van der Waals surface area contributed by atoms with Crippen LogP contribution in [0.2, 0.25) is 0 Å². The highest BCUT2D eigenvalue weighted by molar-refractivity contribution is 14.0.